The minimum absolute atomic E-state index is 0.00711. The number of carboxylic acid groups (broad SMARTS) is 1. The topological polar surface area (TPSA) is 150 Å². The van der Waals surface area contributed by atoms with Gasteiger partial charge in [0, 0.05) is 33.2 Å². The standard InChI is InChI=1S/C18H22N8O.C2HF3O2/c1-3-4-11-26-14-15(22-17(26)25-12-9-21-10-13-25)23-18(5-7-19,6-8-20)24(2)16(14)27;3-2(4,5)1(6)7/h21,23H,5-6,9-13H2,1-2H3;(H,6,7). The summed E-state index contributed by atoms with van der Waals surface area (Å²) in [4.78, 5) is 30.3. The van der Waals surface area contributed by atoms with E-state index < -0.39 is 17.8 Å². The number of anilines is 2. The fourth-order valence-corrected chi connectivity index (χ4v) is 3.47. The number of nitriles is 2. The monoisotopic (exact) mass is 480 g/mol. The number of piperazine rings is 1. The van der Waals surface area contributed by atoms with Gasteiger partial charge in [-0.2, -0.15) is 28.7 Å². The molecule has 2 aliphatic rings. The van der Waals surface area contributed by atoms with E-state index in [4.69, 9.17) is 9.90 Å². The molecule has 0 spiro atoms. The molecule has 3 N–H and O–H groups in total. The third-order valence-corrected chi connectivity index (χ3v) is 5.25. The van der Waals surface area contributed by atoms with Crippen molar-refractivity contribution in [1.29, 1.82) is 10.5 Å². The van der Waals surface area contributed by atoms with Crippen LogP contribution in [0.5, 0.6) is 0 Å². The normalized spacial score (nSPS) is 16.5. The third-order valence-electron chi connectivity index (χ3n) is 5.25. The van der Waals surface area contributed by atoms with E-state index in [9.17, 15) is 28.5 Å². The van der Waals surface area contributed by atoms with E-state index in [1.54, 1.807) is 14.0 Å². The van der Waals surface area contributed by atoms with Gasteiger partial charge in [-0.05, 0) is 6.92 Å². The van der Waals surface area contributed by atoms with Crippen LogP contribution in [0.4, 0.5) is 24.9 Å². The Balaban J connectivity index is 0.000000509. The van der Waals surface area contributed by atoms with E-state index in [1.165, 1.54) is 4.90 Å². The van der Waals surface area contributed by atoms with Crippen LogP contribution in [-0.4, -0.2) is 76.5 Å². The summed E-state index contributed by atoms with van der Waals surface area (Å²) in [5.41, 5.74) is -0.663. The van der Waals surface area contributed by atoms with Gasteiger partial charge in [0.15, 0.2) is 11.5 Å². The summed E-state index contributed by atoms with van der Waals surface area (Å²) in [7, 11) is 1.61. The number of halogens is 3. The summed E-state index contributed by atoms with van der Waals surface area (Å²) in [6.07, 6.45) is -5.10. The molecule has 2 aliphatic heterocycles. The molecule has 0 unspecified atom stereocenters. The number of aromatic nitrogens is 2. The summed E-state index contributed by atoms with van der Waals surface area (Å²) in [6.45, 7) is 5.34. The Morgan fingerprint density at radius 1 is 1.24 bits per heavy atom. The molecule has 1 fully saturated rings. The highest BCUT2D eigenvalue weighted by Gasteiger charge is 2.46. The quantitative estimate of drug-likeness (QED) is 0.536. The molecule has 0 aliphatic carbocycles. The highest BCUT2D eigenvalue weighted by molar-refractivity contribution is 6.00. The number of aliphatic carboxylic acids is 1. The Morgan fingerprint density at radius 3 is 2.26 bits per heavy atom. The zero-order valence-corrected chi connectivity index (χ0v) is 18.5. The molecule has 0 radical (unpaired) electrons. The molecular weight excluding hydrogens is 457 g/mol. The van der Waals surface area contributed by atoms with Crippen molar-refractivity contribution in [2.24, 2.45) is 0 Å². The fourth-order valence-electron chi connectivity index (χ4n) is 3.47. The Labute approximate surface area is 193 Å². The van der Waals surface area contributed by atoms with Gasteiger partial charge in [0.1, 0.15) is 5.66 Å². The second-order valence-corrected chi connectivity index (χ2v) is 7.35. The number of carboxylic acids is 1. The fraction of sp³-hybridized carbons (Fsp3) is 0.550. The SMILES string of the molecule is CC#CCn1c(N2CCNCC2)nc2c1C(=O)N(C)C(CC#N)(CC#N)N2.O=C(O)C(F)(F)F. The van der Waals surface area contributed by atoms with E-state index in [0.29, 0.717) is 24.0 Å². The summed E-state index contributed by atoms with van der Waals surface area (Å²) < 4.78 is 33.6. The number of alkyl halides is 3. The van der Waals surface area contributed by atoms with Gasteiger partial charge in [-0.3, -0.25) is 9.36 Å². The average molecular weight is 480 g/mol. The van der Waals surface area contributed by atoms with Gasteiger partial charge in [0.2, 0.25) is 5.95 Å². The first-order valence-corrected chi connectivity index (χ1v) is 10.1. The molecule has 182 valence electrons. The maximum absolute atomic E-state index is 13.2. The number of hydrogen-bond donors (Lipinski definition) is 3. The van der Waals surface area contributed by atoms with Gasteiger partial charge in [-0.15, -0.1) is 5.92 Å². The van der Waals surface area contributed by atoms with Gasteiger partial charge in [0.25, 0.3) is 5.91 Å². The third kappa shape index (κ3) is 5.50. The van der Waals surface area contributed by atoms with Crippen LogP contribution in [-0.2, 0) is 11.3 Å². The number of amides is 1. The highest BCUT2D eigenvalue weighted by atomic mass is 19.4. The second kappa shape index (κ2) is 10.8. The summed E-state index contributed by atoms with van der Waals surface area (Å²) in [5.74, 6) is 3.95. The maximum atomic E-state index is 13.2. The minimum Gasteiger partial charge on any atom is -0.475 e. The Hall–Kier alpha value is -3.96. The van der Waals surface area contributed by atoms with Gasteiger partial charge in [0.05, 0.1) is 31.5 Å². The van der Waals surface area contributed by atoms with Crippen molar-refractivity contribution in [3.8, 4) is 24.0 Å². The molecule has 34 heavy (non-hydrogen) atoms. The van der Waals surface area contributed by atoms with Crippen molar-refractivity contribution in [2.45, 2.75) is 38.1 Å². The molecule has 3 heterocycles. The Bertz CT molecular complexity index is 1050. The highest BCUT2D eigenvalue weighted by Crippen LogP contribution is 2.36. The molecular formula is C20H23F3N8O3. The van der Waals surface area contributed by atoms with E-state index >= 15 is 0 Å². The Kier molecular flexibility index (Phi) is 8.33. The van der Waals surface area contributed by atoms with E-state index in [0.717, 1.165) is 26.2 Å². The van der Waals surface area contributed by atoms with Gasteiger partial charge >= 0.3 is 12.1 Å². The van der Waals surface area contributed by atoms with E-state index in [-0.39, 0.29) is 18.7 Å². The molecule has 1 amide bonds. The number of hydrogen-bond acceptors (Lipinski definition) is 8. The lowest BCUT2D eigenvalue weighted by Gasteiger charge is -2.42. The van der Waals surface area contributed by atoms with E-state index in [2.05, 4.69) is 44.5 Å². The molecule has 1 aromatic rings. The molecule has 1 saturated heterocycles. The first-order valence-electron chi connectivity index (χ1n) is 10.1. The summed E-state index contributed by atoms with van der Waals surface area (Å²) in [5, 5.41) is 32.1. The first-order chi connectivity index (χ1) is 16.0. The molecule has 0 atom stereocenters. The van der Waals surface area contributed by atoms with E-state index in [1.807, 2.05) is 4.57 Å². The lowest BCUT2D eigenvalue weighted by Crippen LogP contribution is -2.58. The van der Waals surface area contributed by atoms with Crippen LogP contribution in [0, 0.1) is 34.5 Å². The number of nitrogens with zero attached hydrogens (tertiary/aromatic N) is 6. The number of nitrogens with one attached hydrogen (secondary N) is 2. The van der Waals surface area contributed by atoms with Crippen molar-refractivity contribution < 1.29 is 27.9 Å². The van der Waals surface area contributed by atoms with Crippen LogP contribution in [0.2, 0.25) is 0 Å². The van der Waals surface area contributed by atoms with Crippen molar-refractivity contribution in [3.05, 3.63) is 5.69 Å². The zero-order valence-electron chi connectivity index (χ0n) is 18.5. The predicted octanol–water partition coefficient (Wildman–Crippen LogP) is 0.970. The summed E-state index contributed by atoms with van der Waals surface area (Å²) in [6, 6.07) is 4.16. The first kappa shape index (κ1) is 26.3. The molecule has 0 saturated carbocycles. The lowest BCUT2D eigenvalue weighted by molar-refractivity contribution is -0.192. The van der Waals surface area contributed by atoms with Crippen LogP contribution < -0.4 is 15.5 Å². The molecule has 0 bridgehead atoms. The zero-order chi connectivity index (χ0) is 25.5. The van der Waals surface area contributed by atoms with Crippen LogP contribution in [0.1, 0.15) is 30.3 Å². The van der Waals surface area contributed by atoms with Crippen molar-refractivity contribution in [3.63, 3.8) is 0 Å². The number of carbonyl (C=O) groups excluding carboxylic acids is 1. The van der Waals surface area contributed by atoms with Gasteiger partial charge < -0.3 is 25.5 Å². The molecule has 11 nitrogen and oxygen atoms in total. The van der Waals surface area contributed by atoms with Crippen molar-refractivity contribution in [1.82, 2.24) is 19.8 Å². The molecule has 3 rings (SSSR count). The number of rotatable bonds is 4. The van der Waals surface area contributed by atoms with Gasteiger partial charge in [-0.25, -0.2) is 4.79 Å². The Morgan fingerprint density at radius 2 is 1.79 bits per heavy atom. The smallest absolute Gasteiger partial charge is 0.475 e. The summed E-state index contributed by atoms with van der Waals surface area (Å²) >= 11 is 0. The lowest BCUT2D eigenvalue weighted by atomic mass is 9.98. The van der Waals surface area contributed by atoms with Crippen LogP contribution in [0.25, 0.3) is 0 Å². The van der Waals surface area contributed by atoms with Crippen LogP contribution >= 0.6 is 0 Å². The molecule has 1 aromatic heterocycles. The van der Waals surface area contributed by atoms with Crippen LogP contribution in [0.15, 0.2) is 0 Å². The minimum atomic E-state index is -5.08. The van der Waals surface area contributed by atoms with Crippen molar-refractivity contribution >= 4 is 23.6 Å². The maximum Gasteiger partial charge on any atom is 0.490 e. The predicted molar refractivity (Wildman–Crippen MR) is 113 cm³/mol. The average Bonchev–Trinajstić information content (AvgIpc) is 3.14. The van der Waals surface area contributed by atoms with Crippen LogP contribution in [0.3, 0.4) is 0 Å². The van der Waals surface area contributed by atoms with Crippen molar-refractivity contribution in [2.75, 3.05) is 43.4 Å². The second-order valence-electron chi connectivity index (χ2n) is 7.35. The van der Waals surface area contributed by atoms with Gasteiger partial charge in [-0.1, -0.05) is 5.92 Å². The molecule has 0 aromatic carbocycles. The number of imidazole rings is 1. The number of carbonyl (C=O) groups is 2. The number of fused-ring (bicyclic) bond motifs is 1. The molecule has 14 heteroatoms. The largest absolute Gasteiger partial charge is 0.490 e.